The number of alkyl carbamates (subject to hydrolysis) is 1. The van der Waals surface area contributed by atoms with Gasteiger partial charge in [0, 0.05) is 0 Å². The molecule has 1 amide bonds. The molecule has 1 aromatic rings. The fraction of sp³-hybridized carbons (Fsp3) is 0.545. The molecule has 2 atom stereocenters. The van der Waals surface area contributed by atoms with Crippen molar-refractivity contribution < 1.29 is 23.8 Å². The molecule has 0 spiro atoms. The van der Waals surface area contributed by atoms with Gasteiger partial charge < -0.3 is 19.5 Å². The van der Waals surface area contributed by atoms with Crippen molar-refractivity contribution in [3.05, 3.63) is 48.6 Å². The Labute approximate surface area is 168 Å². The number of ether oxygens (including phenoxy) is 3. The zero-order valence-corrected chi connectivity index (χ0v) is 17.8. The number of benzene rings is 1. The number of nitrogens with one attached hydrogen (secondary N) is 1. The Morgan fingerprint density at radius 3 is 2.11 bits per heavy atom. The molecule has 0 fully saturated rings. The van der Waals surface area contributed by atoms with Gasteiger partial charge in [-0.3, -0.25) is 0 Å². The zero-order valence-electron chi connectivity index (χ0n) is 17.8. The second-order valence-electron chi connectivity index (χ2n) is 8.52. The van der Waals surface area contributed by atoms with Crippen LogP contribution in [0.4, 0.5) is 4.79 Å². The third kappa shape index (κ3) is 9.55. The van der Waals surface area contributed by atoms with Crippen LogP contribution < -0.4 is 5.32 Å². The summed E-state index contributed by atoms with van der Waals surface area (Å²) < 4.78 is 16.7. The first kappa shape index (κ1) is 23.7. The average molecular weight is 392 g/mol. The molecule has 0 bridgehead atoms. The smallest absolute Gasteiger partial charge is 0.408 e. The molecule has 6 nitrogen and oxygen atoms in total. The van der Waals surface area contributed by atoms with E-state index in [2.05, 4.69) is 11.9 Å². The molecule has 28 heavy (non-hydrogen) atoms. The minimum absolute atomic E-state index is 0.286. The van der Waals surface area contributed by atoms with Gasteiger partial charge in [0.25, 0.3) is 0 Å². The van der Waals surface area contributed by atoms with Crippen LogP contribution in [0, 0.1) is 0 Å². The van der Waals surface area contributed by atoms with Crippen LogP contribution >= 0.6 is 0 Å². The fourth-order valence-corrected chi connectivity index (χ4v) is 2.35. The quantitative estimate of drug-likeness (QED) is 0.526. The Morgan fingerprint density at radius 2 is 1.61 bits per heavy atom. The standard InChI is InChI=1S/C22H33NO5/c1-8-12-17(26-15-16-13-10-9-11-14-16)18(19(24)27-21(2,3)4)23-20(25)28-22(5,6)7/h8-11,13-14,17-18H,1,12,15H2,2-7H3,(H,23,25)/t17-,18+/m1/s1. The number of hydrogen-bond donors (Lipinski definition) is 1. The number of rotatable bonds is 8. The Morgan fingerprint density at radius 1 is 1.04 bits per heavy atom. The summed E-state index contributed by atoms with van der Waals surface area (Å²) >= 11 is 0. The van der Waals surface area contributed by atoms with E-state index in [0.29, 0.717) is 6.42 Å². The Kier molecular flexibility index (Phi) is 8.69. The minimum atomic E-state index is -1.03. The minimum Gasteiger partial charge on any atom is -0.458 e. The van der Waals surface area contributed by atoms with E-state index in [1.807, 2.05) is 30.3 Å². The van der Waals surface area contributed by atoms with Gasteiger partial charge in [0.2, 0.25) is 0 Å². The van der Waals surface area contributed by atoms with Crippen LogP contribution in [0.25, 0.3) is 0 Å². The van der Waals surface area contributed by atoms with Gasteiger partial charge in [0.1, 0.15) is 11.2 Å². The molecular weight excluding hydrogens is 358 g/mol. The highest BCUT2D eigenvalue weighted by Crippen LogP contribution is 2.16. The number of carbonyl (C=O) groups is 2. The van der Waals surface area contributed by atoms with Gasteiger partial charge in [-0.05, 0) is 53.5 Å². The Bertz CT molecular complexity index is 643. The van der Waals surface area contributed by atoms with E-state index in [4.69, 9.17) is 14.2 Å². The van der Waals surface area contributed by atoms with Crippen LogP contribution in [0.15, 0.2) is 43.0 Å². The van der Waals surface area contributed by atoms with E-state index >= 15 is 0 Å². The van der Waals surface area contributed by atoms with Crippen molar-refractivity contribution in [1.82, 2.24) is 5.32 Å². The van der Waals surface area contributed by atoms with E-state index in [9.17, 15) is 9.59 Å². The normalized spacial score (nSPS) is 13.9. The summed E-state index contributed by atoms with van der Waals surface area (Å²) in [5.74, 6) is -0.585. The van der Waals surface area contributed by atoms with Crippen molar-refractivity contribution in [1.29, 1.82) is 0 Å². The number of hydrogen-bond acceptors (Lipinski definition) is 5. The summed E-state index contributed by atoms with van der Waals surface area (Å²) in [5, 5.41) is 2.61. The lowest BCUT2D eigenvalue weighted by Gasteiger charge is -2.30. The lowest BCUT2D eigenvalue weighted by Crippen LogP contribution is -2.52. The first-order valence-corrected chi connectivity index (χ1v) is 9.40. The number of carbonyl (C=O) groups excluding carboxylic acids is 2. The molecule has 0 saturated carbocycles. The zero-order chi connectivity index (χ0) is 21.4. The molecule has 0 aliphatic rings. The summed E-state index contributed by atoms with van der Waals surface area (Å²) in [6.07, 6.45) is 0.636. The predicted octanol–water partition coefficient (Wildman–Crippen LogP) is 4.38. The number of esters is 1. The van der Waals surface area contributed by atoms with Crippen LogP contribution in [-0.2, 0) is 25.6 Å². The van der Waals surface area contributed by atoms with Gasteiger partial charge in [-0.15, -0.1) is 6.58 Å². The summed E-state index contributed by atoms with van der Waals surface area (Å²) in [4.78, 5) is 25.1. The maximum Gasteiger partial charge on any atom is 0.408 e. The summed E-state index contributed by atoms with van der Waals surface area (Å²) in [6, 6.07) is 8.55. The van der Waals surface area contributed by atoms with Crippen molar-refractivity contribution >= 4 is 12.1 Å². The molecule has 6 heteroatoms. The molecule has 0 aromatic heterocycles. The highest BCUT2D eigenvalue weighted by molar-refractivity contribution is 5.82. The molecular formula is C22H33NO5. The second-order valence-corrected chi connectivity index (χ2v) is 8.52. The van der Waals surface area contributed by atoms with Crippen molar-refractivity contribution in [2.75, 3.05) is 0 Å². The van der Waals surface area contributed by atoms with Gasteiger partial charge in [-0.25, -0.2) is 9.59 Å². The van der Waals surface area contributed by atoms with Crippen LogP contribution in [-0.4, -0.2) is 35.4 Å². The third-order valence-corrected chi connectivity index (χ3v) is 3.41. The van der Waals surface area contributed by atoms with Gasteiger partial charge in [0.05, 0.1) is 12.7 Å². The van der Waals surface area contributed by atoms with E-state index < -0.39 is 35.4 Å². The van der Waals surface area contributed by atoms with Gasteiger partial charge in [0.15, 0.2) is 6.04 Å². The SMILES string of the molecule is C=CC[C@@H](OCc1ccccc1)[C@H](NC(=O)OC(C)(C)C)C(=O)OC(C)(C)C. The second kappa shape index (κ2) is 10.3. The van der Waals surface area contributed by atoms with E-state index in [-0.39, 0.29) is 6.61 Å². The maximum atomic E-state index is 12.8. The molecule has 156 valence electrons. The van der Waals surface area contributed by atoms with Crippen molar-refractivity contribution in [2.24, 2.45) is 0 Å². The Balaban J connectivity index is 2.99. The fourth-order valence-electron chi connectivity index (χ4n) is 2.35. The first-order chi connectivity index (χ1) is 12.9. The largest absolute Gasteiger partial charge is 0.458 e. The van der Waals surface area contributed by atoms with Crippen LogP contribution in [0.2, 0.25) is 0 Å². The maximum absolute atomic E-state index is 12.8. The molecule has 0 aliphatic heterocycles. The first-order valence-electron chi connectivity index (χ1n) is 9.40. The summed E-state index contributed by atoms with van der Waals surface area (Å²) in [7, 11) is 0. The monoisotopic (exact) mass is 391 g/mol. The Hall–Kier alpha value is -2.34. The molecule has 0 saturated heterocycles. The van der Waals surface area contributed by atoms with Crippen molar-refractivity contribution in [3.63, 3.8) is 0 Å². The highest BCUT2D eigenvalue weighted by atomic mass is 16.6. The lowest BCUT2D eigenvalue weighted by atomic mass is 10.1. The van der Waals surface area contributed by atoms with Gasteiger partial charge in [-0.1, -0.05) is 36.4 Å². The highest BCUT2D eigenvalue weighted by Gasteiger charge is 2.35. The molecule has 1 N–H and O–H groups in total. The average Bonchev–Trinajstić information content (AvgIpc) is 2.54. The lowest BCUT2D eigenvalue weighted by molar-refractivity contribution is -0.162. The molecule has 0 heterocycles. The predicted molar refractivity (Wildman–Crippen MR) is 109 cm³/mol. The molecule has 0 aliphatic carbocycles. The van der Waals surface area contributed by atoms with Crippen molar-refractivity contribution in [2.45, 2.75) is 77.9 Å². The molecule has 1 rings (SSSR count). The summed E-state index contributed by atoms with van der Waals surface area (Å²) in [5.41, 5.74) is -0.443. The molecule has 0 unspecified atom stereocenters. The van der Waals surface area contributed by atoms with Crippen molar-refractivity contribution in [3.8, 4) is 0 Å². The molecule has 1 aromatic carbocycles. The van der Waals surface area contributed by atoms with Crippen LogP contribution in [0.5, 0.6) is 0 Å². The molecule has 0 radical (unpaired) electrons. The third-order valence-electron chi connectivity index (χ3n) is 3.41. The van der Waals surface area contributed by atoms with Gasteiger partial charge in [-0.2, -0.15) is 0 Å². The van der Waals surface area contributed by atoms with Gasteiger partial charge >= 0.3 is 12.1 Å². The van der Waals surface area contributed by atoms with E-state index in [1.165, 1.54) is 0 Å². The van der Waals surface area contributed by atoms with Crippen LogP contribution in [0.3, 0.4) is 0 Å². The van der Waals surface area contributed by atoms with E-state index in [1.54, 1.807) is 47.6 Å². The number of amides is 1. The topological polar surface area (TPSA) is 73.9 Å². The van der Waals surface area contributed by atoms with E-state index in [0.717, 1.165) is 5.56 Å². The summed E-state index contributed by atoms with van der Waals surface area (Å²) in [6.45, 7) is 14.6. The van der Waals surface area contributed by atoms with Crippen LogP contribution in [0.1, 0.15) is 53.5 Å².